The summed E-state index contributed by atoms with van der Waals surface area (Å²) >= 11 is 0. The van der Waals surface area contributed by atoms with Crippen molar-refractivity contribution in [2.45, 2.75) is 0 Å². The molecule has 0 fully saturated rings. The van der Waals surface area contributed by atoms with Crippen LogP contribution in [0.4, 0.5) is 0 Å². The second-order valence-electron chi connectivity index (χ2n) is 11.6. The van der Waals surface area contributed by atoms with E-state index >= 15 is 0 Å². The van der Waals surface area contributed by atoms with Crippen LogP contribution >= 0.6 is 0 Å². The molecule has 0 unspecified atom stereocenters. The quantitative estimate of drug-likeness (QED) is 0.197. The van der Waals surface area contributed by atoms with Gasteiger partial charge >= 0.3 is 0 Å². The molecule has 0 spiro atoms. The van der Waals surface area contributed by atoms with Gasteiger partial charge in [-0.25, -0.2) is 0 Å². The molecule has 0 saturated carbocycles. The summed E-state index contributed by atoms with van der Waals surface area (Å²) in [6.07, 6.45) is 0. The Morgan fingerprint density at radius 2 is 0.930 bits per heavy atom. The highest BCUT2D eigenvalue weighted by Gasteiger charge is 2.23. The normalized spacial score (nSPS) is 12.2. The van der Waals surface area contributed by atoms with E-state index in [0.29, 0.717) is 0 Å². The molecule has 0 radical (unpaired) electrons. The molecule has 1 heterocycles. The summed E-state index contributed by atoms with van der Waals surface area (Å²) in [6.45, 7) is 0. The molecule has 9 aromatic rings. The van der Waals surface area contributed by atoms with Crippen LogP contribution in [0.25, 0.3) is 98.8 Å². The first-order valence-corrected chi connectivity index (χ1v) is 14.9. The number of benzene rings is 8. The molecule has 198 valence electrons. The van der Waals surface area contributed by atoms with Gasteiger partial charge in [0.05, 0.1) is 0 Å². The summed E-state index contributed by atoms with van der Waals surface area (Å²) in [5, 5.41) is 10.0. The van der Waals surface area contributed by atoms with Crippen molar-refractivity contribution in [3.05, 3.63) is 146 Å². The molecular weight excluding hydrogens is 520 g/mol. The molecule has 1 heteroatoms. The first-order valence-electron chi connectivity index (χ1n) is 14.9. The summed E-state index contributed by atoms with van der Waals surface area (Å²) < 4.78 is 6.58. The molecule has 43 heavy (non-hydrogen) atoms. The molecule has 1 aliphatic carbocycles. The van der Waals surface area contributed by atoms with Crippen molar-refractivity contribution in [2.24, 2.45) is 0 Å². The average molecular weight is 545 g/mol. The minimum absolute atomic E-state index is 0.913. The zero-order valence-corrected chi connectivity index (χ0v) is 23.3. The van der Waals surface area contributed by atoms with Crippen LogP contribution in [-0.4, -0.2) is 0 Å². The fourth-order valence-electron chi connectivity index (χ4n) is 7.55. The van der Waals surface area contributed by atoms with Crippen molar-refractivity contribution >= 4 is 54.3 Å². The van der Waals surface area contributed by atoms with Crippen LogP contribution in [0.2, 0.25) is 0 Å². The maximum absolute atomic E-state index is 6.58. The van der Waals surface area contributed by atoms with Gasteiger partial charge in [-0.1, -0.05) is 127 Å². The SMILES string of the molecule is c1ccc2c(c1)-c1cccc3c(-c4cccc5oc6cc(-c7cccc8c7ccc7ccccc78)ccc6c45)ccc-2c13. The Balaban J connectivity index is 1.19. The van der Waals surface area contributed by atoms with Crippen molar-refractivity contribution in [3.63, 3.8) is 0 Å². The lowest BCUT2D eigenvalue weighted by Crippen LogP contribution is -1.85. The highest BCUT2D eigenvalue weighted by atomic mass is 16.3. The predicted octanol–water partition coefficient (Wildman–Crippen LogP) is 12.0. The molecule has 0 aliphatic heterocycles. The number of hydrogen-bond acceptors (Lipinski definition) is 1. The number of rotatable bonds is 2. The Hall–Kier alpha value is -5.66. The molecular formula is C42H24O. The van der Waals surface area contributed by atoms with Gasteiger partial charge in [-0.05, 0) is 95.0 Å². The lowest BCUT2D eigenvalue weighted by molar-refractivity contribution is 0.669. The van der Waals surface area contributed by atoms with Crippen LogP contribution in [0.3, 0.4) is 0 Å². The van der Waals surface area contributed by atoms with Crippen LogP contribution in [0.5, 0.6) is 0 Å². The Bertz CT molecular complexity index is 2590. The Morgan fingerprint density at radius 1 is 0.302 bits per heavy atom. The lowest BCUT2D eigenvalue weighted by Gasteiger charge is -2.11. The smallest absolute Gasteiger partial charge is 0.136 e. The molecule has 10 rings (SSSR count). The van der Waals surface area contributed by atoms with Crippen molar-refractivity contribution in [1.29, 1.82) is 0 Å². The van der Waals surface area contributed by atoms with Gasteiger partial charge in [0.15, 0.2) is 0 Å². The highest BCUT2D eigenvalue weighted by Crippen LogP contribution is 2.50. The van der Waals surface area contributed by atoms with Crippen LogP contribution in [0.15, 0.2) is 150 Å². The van der Waals surface area contributed by atoms with E-state index in [2.05, 4.69) is 146 Å². The number of hydrogen-bond donors (Lipinski definition) is 0. The van der Waals surface area contributed by atoms with Crippen molar-refractivity contribution in [2.75, 3.05) is 0 Å². The summed E-state index contributed by atoms with van der Waals surface area (Å²) in [5.41, 5.74) is 11.9. The van der Waals surface area contributed by atoms with E-state index in [-0.39, 0.29) is 0 Å². The fraction of sp³-hybridized carbons (Fsp3) is 0. The van der Waals surface area contributed by atoms with Crippen molar-refractivity contribution < 1.29 is 4.42 Å². The van der Waals surface area contributed by atoms with Gasteiger partial charge in [-0.2, -0.15) is 0 Å². The molecule has 1 nitrogen and oxygen atoms in total. The van der Waals surface area contributed by atoms with Gasteiger partial charge in [0.25, 0.3) is 0 Å². The third-order valence-electron chi connectivity index (χ3n) is 9.43. The van der Waals surface area contributed by atoms with Gasteiger partial charge in [0, 0.05) is 10.8 Å². The third-order valence-corrected chi connectivity index (χ3v) is 9.43. The molecule has 0 atom stereocenters. The van der Waals surface area contributed by atoms with Crippen LogP contribution in [0, 0.1) is 0 Å². The third kappa shape index (κ3) is 3.11. The fourth-order valence-corrected chi connectivity index (χ4v) is 7.55. The monoisotopic (exact) mass is 544 g/mol. The predicted molar refractivity (Wildman–Crippen MR) is 182 cm³/mol. The molecule has 0 bridgehead atoms. The van der Waals surface area contributed by atoms with Crippen LogP contribution < -0.4 is 0 Å². The van der Waals surface area contributed by atoms with Crippen molar-refractivity contribution in [1.82, 2.24) is 0 Å². The van der Waals surface area contributed by atoms with Crippen LogP contribution in [-0.2, 0) is 0 Å². The van der Waals surface area contributed by atoms with Gasteiger partial charge in [-0.15, -0.1) is 0 Å². The average Bonchev–Trinajstić information content (AvgIpc) is 3.61. The standard InChI is InChI=1S/C42H24O/c1-2-9-27-25(8-1)18-20-32-28(12-5-13-29(27)32)26-19-21-38-40(24-26)43-39-17-7-16-36(42(38)39)33-22-23-37-31-11-4-3-10-30(31)34-14-6-15-35(33)41(34)37/h1-24H. The minimum atomic E-state index is 0.913. The molecule has 0 amide bonds. The van der Waals surface area contributed by atoms with Gasteiger partial charge in [0.1, 0.15) is 11.2 Å². The summed E-state index contributed by atoms with van der Waals surface area (Å²) in [5.74, 6) is 0. The summed E-state index contributed by atoms with van der Waals surface area (Å²) in [6, 6.07) is 52.9. The van der Waals surface area contributed by atoms with E-state index in [1.807, 2.05) is 0 Å². The van der Waals surface area contributed by atoms with Gasteiger partial charge in [-0.3, -0.25) is 0 Å². The largest absolute Gasteiger partial charge is 0.456 e. The Labute approximate surface area is 248 Å². The van der Waals surface area contributed by atoms with Gasteiger partial charge < -0.3 is 4.42 Å². The van der Waals surface area contributed by atoms with E-state index in [1.54, 1.807) is 0 Å². The van der Waals surface area contributed by atoms with E-state index in [4.69, 9.17) is 4.42 Å². The topological polar surface area (TPSA) is 13.1 Å². The molecule has 0 N–H and O–H groups in total. The first-order chi connectivity index (χ1) is 21.3. The highest BCUT2D eigenvalue weighted by molar-refractivity contribution is 6.22. The van der Waals surface area contributed by atoms with Gasteiger partial charge in [0.2, 0.25) is 0 Å². The Morgan fingerprint density at radius 3 is 1.81 bits per heavy atom. The van der Waals surface area contributed by atoms with E-state index in [9.17, 15) is 0 Å². The summed E-state index contributed by atoms with van der Waals surface area (Å²) in [4.78, 5) is 0. The summed E-state index contributed by atoms with van der Waals surface area (Å²) in [7, 11) is 0. The number of fused-ring (bicyclic) bond motifs is 9. The van der Waals surface area contributed by atoms with E-state index in [1.165, 1.54) is 76.6 Å². The Kier molecular flexibility index (Phi) is 4.51. The van der Waals surface area contributed by atoms with Crippen LogP contribution in [0.1, 0.15) is 0 Å². The first kappa shape index (κ1) is 23.0. The maximum atomic E-state index is 6.58. The minimum Gasteiger partial charge on any atom is -0.456 e. The molecule has 0 saturated heterocycles. The zero-order chi connectivity index (χ0) is 28.1. The van der Waals surface area contributed by atoms with Crippen molar-refractivity contribution in [3.8, 4) is 44.5 Å². The lowest BCUT2D eigenvalue weighted by atomic mass is 9.91. The maximum Gasteiger partial charge on any atom is 0.136 e. The second kappa shape index (κ2) is 8.44. The number of furan rings is 1. The van der Waals surface area contributed by atoms with E-state index < -0.39 is 0 Å². The molecule has 1 aliphatic rings. The molecule has 1 aromatic heterocycles. The second-order valence-corrected chi connectivity index (χ2v) is 11.6. The van der Waals surface area contributed by atoms with E-state index in [0.717, 1.165) is 22.1 Å². The molecule has 8 aromatic carbocycles. The zero-order valence-electron chi connectivity index (χ0n) is 23.3.